The van der Waals surface area contributed by atoms with E-state index >= 15 is 0 Å². The zero-order valence-corrected chi connectivity index (χ0v) is 19.8. The first-order chi connectivity index (χ1) is 14.5. The summed E-state index contributed by atoms with van der Waals surface area (Å²) in [6, 6.07) is 10.0. The fourth-order valence-electron chi connectivity index (χ4n) is 4.43. The van der Waals surface area contributed by atoms with E-state index in [1.165, 1.54) is 5.56 Å². The van der Waals surface area contributed by atoms with Crippen LogP contribution in [0.15, 0.2) is 30.3 Å². The number of benzene rings is 1. The van der Waals surface area contributed by atoms with E-state index in [0.29, 0.717) is 18.9 Å². The summed E-state index contributed by atoms with van der Waals surface area (Å²) < 4.78 is 40.4. The molecule has 2 aliphatic rings. The zero-order chi connectivity index (χ0) is 22.6. The third-order valence-corrected chi connectivity index (χ3v) is 6.46. The van der Waals surface area contributed by atoms with Crippen molar-refractivity contribution in [2.45, 2.75) is 82.6 Å². The first-order valence-corrected chi connectivity index (χ1v) is 12.9. The molecule has 1 saturated carbocycles. The monoisotopic (exact) mass is 453 g/mol. The molecule has 2 fully saturated rings. The molecule has 1 aliphatic heterocycles. The zero-order valence-electron chi connectivity index (χ0n) is 19.0. The highest BCUT2D eigenvalue weighted by Crippen LogP contribution is 2.34. The minimum Gasteiger partial charge on any atom is -0.444 e. The summed E-state index contributed by atoms with van der Waals surface area (Å²) >= 11 is 0. The molecule has 1 aliphatic carbocycles. The second-order valence-electron chi connectivity index (χ2n) is 9.59. The van der Waals surface area contributed by atoms with Crippen molar-refractivity contribution in [3.05, 3.63) is 35.9 Å². The van der Waals surface area contributed by atoms with Crippen molar-refractivity contribution in [1.82, 2.24) is 4.90 Å². The Morgan fingerprint density at radius 2 is 1.71 bits per heavy atom. The lowest BCUT2D eigenvalue weighted by molar-refractivity contribution is -0.0298. The molecule has 1 aromatic rings. The lowest BCUT2D eigenvalue weighted by Gasteiger charge is -2.33. The van der Waals surface area contributed by atoms with E-state index in [4.69, 9.17) is 13.7 Å². The molecule has 0 N–H and O–H groups in total. The van der Waals surface area contributed by atoms with Gasteiger partial charge < -0.3 is 14.4 Å². The summed E-state index contributed by atoms with van der Waals surface area (Å²) in [5.74, 6) is 0.548. The van der Waals surface area contributed by atoms with Crippen LogP contribution in [0.2, 0.25) is 0 Å². The summed E-state index contributed by atoms with van der Waals surface area (Å²) in [4.78, 5) is 14.2. The van der Waals surface area contributed by atoms with Gasteiger partial charge in [0.2, 0.25) is 0 Å². The van der Waals surface area contributed by atoms with Crippen LogP contribution < -0.4 is 0 Å². The summed E-state index contributed by atoms with van der Waals surface area (Å²) in [7, 11) is -3.64. The minimum atomic E-state index is -3.64. The van der Waals surface area contributed by atoms with Gasteiger partial charge in [0.05, 0.1) is 25.0 Å². The van der Waals surface area contributed by atoms with Crippen LogP contribution in [0.3, 0.4) is 0 Å². The molecule has 2 atom stereocenters. The molecule has 7 nitrogen and oxygen atoms in total. The first kappa shape index (κ1) is 24.0. The van der Waals surface area contributed by atoms with Gasteiger partial charge in [-0.1, -0.05) is 30.3 Å². The Labute approximate surface area is 186 Å². The molecular weight excluding hydrogens is 418 g/mol. The van der Waals surface area contributed by atoms with Crippen LogP contribution in [0.5, 0.6) is 0 Å². The van der Waals surface area contributed by atoms with Gasteiger partial charge >= 0.3 is 6.09 Å². The number of carbonyl (C=O) groups excluding carboxylic acids is 1. The van der Waals surface area contributed by atoms with E-state index in [-0.39, 0.29) is 12.7 Å². The van der Waals surface area contributed by atoms with E-state index in [1.807, 2.05) is 26.8 Å². The Bertz CT molecular complexity index is 827. The fourth-order valence-corrected chi connectivity index (χ4v) is 5.10. The SMILES string of the molecule is CC(C)(C)OC(=O)N1CC[C@H](OS(C)(=O)=O)[C@H]1COC1CCC(c2ccccc2)CC1. The standard InChI is InChI=1S/C23H35NO6S/c1-23(2,3)29-22(25)24-15-14-21(30-31(4,26)27)20(24)16-28-19-12-10-18(11-13-19)17-8-6-5-7-9-17/h5-9,18-21H,10-16H2,1-4H3/t18?,19?,20-,21+/m1/s1. The van der Waals surface area contributed by atoms with Crippen LogP contribution in [-0.2, 0) is 23.8 Å². The van der Waals surface area contributed by atoms with E-state index in [0.717, 1.165) is 31.9 Å². The Morgan fingerprint density at radius 3 is 2.29 bits per heavy atom. The number of nitrogens with zero attached hydrogens (tertiary/aromatic N) is 1. The molecule has 1 heterocycles. The number of hydrogen-bond acceptors (Lipinski definition) is 6. The van der Waals surface area contributed by atoms with Gasteiger partial charge in [0.1, 0.15) is 11.7 Å². The average molecular weight is 454 g/mol. The fraction of sp³-hybridized carbons (Fsp3) is 0.696. The molecule has 0 aromatic heterocycles. The van der Waals surface area contributed by atoms with E-state index in [1.54, 1.807) is 4.90 Å². The maximum Gasteiger partial charge on any atom is 0.410 e. The number of hydrogen-bond donors (Lipinski definition) is 0. The van der Waals surface area contributed by atoms with Crippen molar-refractivity contribution >= 4 is 16.2 Å². The summed E-state index contributed by atoms with van der Waals surface area (Å²) in [5, 5.41) is 0. The molecule has 3 rings (SSSR count). The van der Waals surface area contributed by atoms with Crippen molar-refractivity contribution in [2.75, 3.05) is 19.4 Å². The Hall–Kier alpha value is -1.64. The van der Waals surface area contributed by atoms with Crippen LogP contribution >= 0.6 is 0 Å². The van der Waals surface area contributed by atoms with Crippen molar-refractivity contribution in [2.24, 2.45) is 0 Å². The molecular formula is C23H35NO6S. The highest BCUT2D eigenvalue weighted by atomic mass is 32.2. The van der Waals surface area contributed by atoms with Crippen LogP contribution in [-0.4, -0.2) is 62.7 Å². The van der Waals surface area contributed by atoms with Crippen LogP contribution in [0.4, 0.5) is 4.79 Å². The van der Waals surface area contributed by atoms with Gasteiger partial charge in [-0.05, 0) is 64.4 Å². The van der Waals surface area contributed by atoms with Crippen LogP contribution in [0.25, 0.3) is 0 Å². The van der Waals surface area contributed by atoms with Gasteiger partial charge in [0.25, 0.3) is 10.1 Å². The largest absolute Gasteiger partial charge is 0.444 e. The highest BCUT2D eigenvalue weighted by Gasteiger charge is 2.42. The molecule has 8 heteroatoms. The molecule has 1 amide bonds. The molecule has 0 unspecified atom stereocenters. The molecule has 31 heavy (non-hydrogen) atoms. The van der Waals surface area contributed by atoms with Crippen LogP contribution in [0, 0.1) is 0 Å². The second kappa shape index (κ2) is 9.88. The van der Waals surface area contributed by atoms with Gasteiger partial charge in [-0.2, -0.15) is 8.42 Å². The molecule has 174 valence electrons. The number of carbonyl (C=O) groups is 1. The summed E-state index contributed by atoms with van der Waals surface area (Å²) in [6.45, 7) is 6.04. The number of rotatable bonds is 6. The van der Waals surface area contributed by atoms with Crippen molar-refractivity contribution in [3.63, 3.8) is 0 Å². The third-order valence-electron chi connectivity index (χ3n) is 5.86. The first-order valence-electron chi connectivity index (χ1n) is 11.1. The maximum absolute atomic E-state index is 12.7. The van der Waals surface area contributed by atoms with Crippen molar-refractivity contribution < 1.29 is 26.9 Å². The Kier molecular flexibility index (Phi) is 7.65. The smallest absolute Gasteiger partial charge is 0.410 e. The average Bonchev–Trinajstić information content (AvgIpc) is 3.07. The molecule has 0 bridgehead atoms. The van der Waals surface area contributed by atoms with Gasteiger partial charge in [0.15, 0.2) is 0 Å². The summed E-state index contributed by atoms with van der Waals surface area (Å²) in [6.07, 6.45) is 4.47. The van der Waals surface area contributed by atoms with Gasteiger partial charge in [0, 0.05) is 6.54 Å². The maximum atomic E-state index is 12.7. The second-order valence-corrected chi connectivity index (χ2v) is 11.2. The third kappa shape index (κ3) is 7.19. The topological polar surface area (TPSA) is 82.1 Å². The molecule has 0 radical (unpaired) electrons. The van der Waals surface area contributed by atoms with Crippen LogP contribution in [0.1, 0.15) is 64.4 Å². The van der Waals surface area contributed by atoms with Gasteiger partial charge in [-0.25, -0.2) is 4.79 Å². The van der Waals surface area contributed by atoms with E-state index in [9.17, 15) is 13.2 Å². The summed E-state index contributed by atoms with van der Waals surface area (Å²) in [5.41, 5.74) is 0.739. The minimum absolute atomic E-state index is 0.0972. The van der Waals surface area contributed by atoms with Crippen molar-refractivity contribution in [1.29, 1.82) is 0 Å². The number of amides is 1. The molecule has 1 saturated heterocycles. The van der Waals surface area contributed by atoms with Gasteiger partial charge in [-0.15, -0.1) is 0 Å². The van der Waals surface area contributed by atoms with Crippen molar-refractivity contribution in [3.8, 4) is 0 Å². The molecule has 1 aromatic carbocycles. The number of likely N-dealkylation sites (tertiary alicyclic amines) is 1. The van der Waals surface area contributed by atoms with E-state index in [2.05, 4.69) is 24.3 Å². The predicted molar refractivity (Wildman–Crippen MR) is 118 cm³/mol. The molecule has 0 spiro atoms. The predicted octanol–water partition coefficient (Wildman–Crippen LogP) is 4.08. The number of ether oxygens (including phenoxy) is 2. The Balaban J connectivity index is 1.59. The highest BCUT2D eigenvalue weighted by molar-refractivity contribution is 7.86. The lowest BCUT2D eigenvalue weighted by Crippen LogP contribution is -2.46. The normalized spacial score (nSPS) is 27.3. The lowest BCUT2D eigenvalue weighted by atomic mass is 9.83. The van der Waals surface area contributed by atoms with Gasteiger partial charge in [-0.3, -0.25) is 4.18 Å². The quantitative estimate of drug-likeness (QED) is 0.604. The van der Waals surface area contributed by atoms with E-state index < -0.39 is 34.0 Å². The Morgan fingerprint density at radius 1 is 1.06 bits per heavy atom.